The first-order chi connectivity index (χ1) is 9.84. The molecule has 0 fully saturated rings. The van der Waals surface area contributed by atoms with Crippen LogP contribution in [-0.4, -0.2) is 5.60 Å². The Morgan fingerprint density at radius 1 is 1.00 bits per heavy atom. The summed E-state index contributed by atoms with van der Waals surface area (Å²) in [6.45, 7) is 4.26. The van der Waals surface area contributed by atoms with Gasteiger partial charge in [-0.25, -0.2) is 0 Å². The molecule has 2 aromatic rings. The molecule has 1 aliphatic rings. The van der Waals surface area contributed by atoms with Crippen LogP contribution in [0, 0.1) is 0 Å². The largest absolute Gasteiger partial charge is 0.487 e. The Morgan fingerprint density at radius 3 is 2.33 bits per heavy atom. The lowest BCUT2D eigenvalue weighted by molar-refractivity contribution is 0.138. The molecule has 0 N–H and O–H groups in total. The van der Waals surface area contributed by atoms with Gasteiger partial charge < -0.3 is 4.74 Å². The van der Waals surface area contributed by atoms with Crippen molar-refractivity contribution in [1.29, 1.82) is 0 Å². The maximum atomic E-state index is 5.94. The average molecular weight is 475 g/mol. The number of benzene rings is 2. The third kappa shape index (κ3) is 3.38. The molecule has 3 rings (SSSR count). The van der Waals surface area contributed by atoms with Crippen molar-refractivity contribution in [2.24, 2.45) is 0 Å². The monoisotopic (exact) mass is 472 g/mol. The molecule has 110 valence electrons. The van der Waals surface area contributed by atoms with Gasteiger partial charge in [0, 0.05) is 15.4 Å². The van der Waals surface area contributed by atoms with Crippen molar-refractivity contribution in [2.45, 2.75) is 30.7 Å². The number of rotatable bonds is 2. The molecule has 0 aliphatic carbocycles. The molecule has 2 aromatic carbocycles. The van der Waals surface area contributed by atoms with E-state index in [0.29, 0.717) is 0 Å². The maximum Gasteiger partial charge on any atom is 0.123 e. The van der Waals surface area contributed by atoms with Crippen LogP contribution in [0.1, 0.15) is 35.4 Å². The van der Waals surface area contributed by atoms with Crippen LogP contribution in [0.4, 0.5) is 0 Å². The van der Waals surface area contributed by atoms with E-state index in [-0.39, 0.29) is 10.4 Å². The quantitative estimate of drug-likeness (QED) is 0.457. The Kier molecular flexibility index (Phi) is 4.23. The second-order valence-electron chi connectivity index (χ2n) is 5.97. The van der Waals surface area contributed by atoms with E-state index in [9.17, 15) is 0 Å². The van der Waals surface area contributed by atoms with Crippen molar-refractivity contribution in [3.05, 3.63) is 62.0 Å². The maximum absolute atomic E-state index is 5.94. The Hall–Kier alpha value is -0.320. The van der Waals surface area contributed by atoms with Crippen LogP contribution in [0.2, 0.25) is 0 Å². The summed E-state index contributed by atoms with van der Waals surface area (Å²) in [5.74, 6) is 1.01. The van der Waals surface area contributed by atoms with Gasteiger partial charge in [-0.3, -0.25) is 0 Å². The van der Waals surface area contributed by atoms with Crippen molar-refractivity contribution < 1.29 is 4.74 Å². The Bertz CT molecular complexity index is 674. The van der Waals surface area contributed by atoms with E-state index in [2.05, 4.69) is 92.0 Å². The number of hydrogen-bond donors (Lipinski definition) is 0. The molecule has 21 heavy (non-hydrogen) atoms. The second-order valence-corrected chi connectivity index (χ2v) is 8.72. The summed E-state index contributed by atoms with van der Waals surface area (Å²) in [4.78, 5) is 0.167. The zero-order valence-corrected chi connectivity index (χ0v) is 16.5. The lowest BCUT2D eigenvalue weighted by Crippen LogP contribution is -2.24. The van der Waals surface area contributed by atoms with Crippen molar-refractivity contribution in [2.75, 3.05) is 0 Å². The van der Waals surface area contributed by atoms with E-state index in [4.69, 9.17) is 4.74 Å². The third-order valence-corrected chi connectivity index (χ3v) is 5.53. The molecule has 0 radical (unpaired) electrons. The van der Waals surface area contributed by atoms with Crippen LogP contribution in [0.15, 0.2) is 45.3 Å². The highest BCUT2D eigenvalue weighted by atomic mass is 79.9. The van der Waals surface area contributed by atoms with Crippen LogP contribution in [-0.2, 0) is 6.42 Å². The highest BCUT2D eigenvalue weighted by Gasteiger charge is 2.30. The van der Waals surface area contributed by atoms with Crippen LogP contribution in [0.5, 0.6) is 5.75 Å². The van der Waals surface area contributed by atoms with Crippen LogP contribution in [0.25, 0.3) is 0 Å². The van der Waals surface area contributed by atoms with Gasteiger partial charge >= 0.3 is 0 Å². The van der Waals surface area contributed by atoms with Gasteiger partial charge in [0.1, 0.15) is 11.4 Å². The van der Waals surface area contributed by atoms with Crippen LogP contribution in [0.3, 0.4) is 0 Å². The first-order valence-corrected chi connectivity index (χ1v) is 9.26. The van der Waals surface area contributed by atoms with Crippen LogP contribution < -0.4 is 4.74 Å². The Labute approximate surface area is 150 Å². The minimum Gasteiger partial charge on any atom is -0.487 e. The van der Waals surface area contributed by atoms with E-state index >= 15 is 0 Å². The number of alkyl halides is 1. The first-order valence-electron chi connectivity index (χ1n) is 6.76. The van der Waals surface area contributed by atoms with E-state index in [1.54, 1.807) is 0 Å². The summed E-state index contributed by atoms with van der Waals surface area (Å²) in [5.41, 5.74) is 3.66. The molecule has 1 nitrogen and oxygen atoms in total. The predicted octanol–water partition coefficient (Wildman–Crippen LogP) is 6.41. The van der Waals surface area contributed by atoms with Gasteiger partial charge in [0.05, 0.1) is 4.83 Å². The molecule has 0 saturated carbocycles. The minimum atomic E-state index is -0.0957. The molecule has 1 heterocycles. The van der Waals surface area contributed by atoms with Crippen molar-refractivity contribution >= 4 is 47.8 Å². The van der Waals surface area contributed by atoms with Crippen molar-refractivity contribution in [3.8, 4) is 5.75 Å². The second kappa shape index (κ2) is 5.71. The van der Waals surface area contributed by atoms with E-state index in [1.807, 2.05) is 6.07 Å². The Balaban J connectivity index is 1.95. The van der Waals surface area contributed by atoms with Gasteiger partial charge in [-0.1, -0.05) is 59.9 Å². The number of hydrogen-bond acceptors (Lipinski definition) is 1. The zero-order chi connectivity index (χ0) is 15.2. The lowest BCUT2D eigenvalue weighted by Gasteiger charge is -2.16. The minimum absolute atomic E-state index is 0.0957. The van der Waals surface area contributed by atoms with Crippen molar-refractivity contribution in [1.82, 2.24) is 0 Å². The zero-order valence-electron chi connectivity index (χ0n) is 11.8. The number of fused-ring (bicyclic) bond motifs is 1. The molecule has 0 saturated heterocycles. The van der Waals surface area contributed by atoms with Gasteiger partial charge in [-0.2, -0.15) is 0 Å². The van der Waals surface area contributed by atoms with Crippen molar-refractivity contribution in [3.63, 3.8) is 0 Å². The SMILES string of the molecule is CC1(C)Cc2cc(C(Br)c3cc(Br)cc(Br)c3)ccc2O1. The van der Waals surface area contributed by atoms with Gasteiger partial charge in [0.25, 0.3) is 0 Å². The summed E-state index contributed by atoms with van der Waals surface area (Å²) >= 11 is 10.9. The Morgan fingerprint density at radius 2 is 1.67 bits per heavy atom. The van der Waals surface area contributed by atoms with E-state index in [0.717, 1.165) is 21.1 Å². The molecule has 1 unspecified atom stereocenters. The molecule has 0 amide bonds. The third-order valence-electron chi connectivity index (χ3n) is 3.56. The summed E-state index contributed by atoms with van der Waals surface area (Å²) in [6.07, 6.45) is 0.956. The van der Waals surface area contributed by atoms with Gasteiger partial charge in [0.2, 0.25) is 0 Å². The molecule has 1 aliphatic heterocycles. The highest BCUT2D eigenvalue weighted by Crippen LogP contribution is 2.40. The summed E-state index contributed by atoms with van der Waals surface area (Å²) in [6, 6.07) is 12.8. The predicted molar refractivity (Wildman–Crippen MR) is 97.5 cm³/mol. The van der Waals surface area contributed by atoms with Gasteiger partial charge in [-0.05, 0) is 54.8 Å². The number of halogens is 3. The average Bonchev–Trinajstić information content (AvgIpc) is 2.69. The molecular formula is C17H15Br3O. The fourth-order valence-electron chi connectivity index (χ4n) is 2.70. The fraction of sp³-hybridized carbons (Fsp3) is 0.294. The molecule has 1 atom stereocenters. The first kappa shape index (κ1) is 15.6. The van der Waals surface area contributed by atoms with Gasteiger partial charge in [0.15, 0.2) is 0 Å². The summed E-state index contributed by atoms with van der Waals surface area (Å²) in [7, 11) is 0. The molecule has 0 aromatic heterocycles. The van der Waals surface area contributed by atoms with Gasteiger partial charge in [-0.15, -0.1) is 0 Å². The molecule has 0 bridgehead atoms. The standard InChI is InChI=1S/C17H15Br3O/c1-17(2)9-12-5-10(3-4-15(12)21-17)16(20)11-6-13(18)8-14(19)7-11/h3-8,16H,9H2,1-2H3. The fourth-order valence-corrected chi connectivity index (χ4v) is 4.58. The molecule has 4 heteroatoms. The highest BCUT2D eigenvalue weighted by molar-refractivity contribution is 9.11. The summed E-state index contributed by atoms with van der Waals surface area (Å²) < 4.78 is 8.09. The summed E-state index contributed by atoms with van der Waals surface area (Å²) in [5, 5.41) is 0. The van der Waals surface area contributed by atoms with E-state index in [1.165, 1.54) is 16.7 Å². The topological polar surface area (TPSA) is 9.23 Å². The number of ether oxygens (including phenoxy) is 1. The molecule has 0 spiro atoms. The van der Waals surface area contributed by atoms with Crippen LogP contribution >= 0.6 is 47.8 Å². The smallest absolute Gasteiger partial charge is 0.123 e. The molecular weight excluding hydrogens is 460 g/mol. The lowest BCUT2D eigenvalue weighted by atomic mass is 9.98. The van der Waals surface area contributed by atoms with E-state index < -0.39 is 0 Å². The normalized spacial score (nSPS) is 17.2.